The molecule has 0 spiro atoms. The maximum absolute atomic E-state index is 6.30. The van der Waals surface area contributed by atoms with Gasteiger partial charge in [-0.2, -0.15) is 0 Å². The van der Waals surface area contributed by atoms with Gasteiger partial charge < -0.3 is 4.74 Å². The van der Waals surface area contributed by atoms with Crippen LogP contribution in [0.2, 0.25) is 0 Å². The van der Waals surface area contributed by atoms with E-state index in [1.54, 1.807) is 5.56 Å². The summed E-state index contributed by atoms with van der Waals surface area (Å²) in [4.78, 5) is 0. The average Bonchev–Trinajstić information content (AvgIpc) is 2.94. The summed E-state index contributed by atoms with van der Waals surface area (Å²) in [7, 11) is 0. The molecule has 2 aromatic carbocycles. The van der Waals surface area contributed by atoms with E-state index < -0.39 is 0 Å². The lowest BCUT2D eigenvalue weighted by Gasteiger charge is -2.29. The minimum absolute atomic E-state index is 0.287. The fraction of sp³-hybridized carbons (Fsp3) is 0.657. The smallest absolute Gasteiger partial charge is 0.0825 e. The van der Waals surface area contributed by atoms with Crippen LogP contribution in [-0.4, -0.2) is 6.61 Å². The fourth-order valence-electron chi connectivity index (χ4n) is 6.64. The van der Waals surface area contributed by atoms with Crippen LogP contribution in [0.25, 0.3) is 11.1 Å². The molecule has 0 amide bonds. The van der Waals surface area contributed by atoms with Crippen LogP contribution in [0.5, 0.6) is 0 Å². The minimum Gasteiger partial charge on any atom is -0.373 e. The molecule has 1 heterocycles. The summed E-state index contributed by atoms with van der Waals surface area (Å²) >= 11 is 0. The highest BCUT2D eigenvalue weighted by molar-refractivity contribution is 5.64. The van der Waals surface area contributed by atoms with Gasteiger partial charge in [0.05, 0.1) is 12.7 Å². The normalized spacial score (nSPS) is 24.6. The van der Waals surface area contributed by atoms with E-state index in [-0.39, 0.29) is 6.10 Å². The number of unbranched alkanes of at least 4 members (excludes halogenated alkanes) is 6. The number of rotatable bonds is 13. The molecule has 36 heavy (non-hydrogen) atoms. The zero-order chi connectivity index (χ0) is 25.0. The van der Waals surface area contributed by atoms with Gasteiger partial charge in [0, 0.05) is 0 Å². The van der Waals surface area contributed by atoms with E-state index in [4.69, 9.17) is 4.74 Å². The monoisotopic (exact) mass is 488 g/mol. The van der Waals surface area contributed by atoms with E-state index in [9.17, 15) is 0 Å². The molecule has 4 rings (SSSR count). The summed E-state index contributed by atoms with van der Waals surface area (Å²) in [5, 5.41) is 0. The van der Waals surface area contributed by atoms with Gasteiger partial charge >= 0.3 is 0 Å². The van der Waals surface area contributed by atoms with Gasteiger partial charge in [-0.05, 0) is 85.0 Å². The van der Waals surface area contributed by atoms with E-state index in [1.807, 2.05) is 0 Å². The number of hydrogen-bond donors (Lipinski definition) is 0. The second-order valence-electron chi connectivity index (χ2n) is 11.9. The summed E-state index contributed by atoms with van der Waals surface area (Å²) in [5.41, 5.74) is 5.57. The molecule has 2 atom stereocenters. The number of benzene rings is 2. The summed E-state index contributed by atoms with van der Waals surface area (Å²) < 4.78 is 6.30. The third kappa shape index (κ3) is 8.20. The van der Waals surface area contributed by atoms with Gasteiger partial charge in [-0.3, -0.25) is 0 Å². The summed E-state index contributed by atoms with van der Waals surface area (Å²) in [6.45, 7) is 5.54. The quantitative estimate of drug-likeness (QED) is 0.255. The predicted molar refractivity (Wildman–Crippen MR) is 156 cm³/mol. The zero-order valence-electron chi connectivity index (χ0n) is 23.4. The van der Waals surface area contributed by atoms with Crippen LogP contribution in [0.15, 0.2) is 48.5 Å². The molecule has 1 nitrogen and oxygen atoms in total. The zero-order valence-corrected chi connectivity index (χ0v) is 23.4. The first kappa shape index (κ1) is 27.4. The lowest BCUT2D eigenvalue weighted by Crippen LogP contribution is -2.20. The van der Waals surface area contributed by atoms with Crippen LogP contribution >= 0.6 is 0 Å². The highest BCUT2D eigenvalue weighted by Gasteiger charge is 2.23. The maximum Gasteiger partial charge on any atom is 0.0825 e. The van der Waals surface area contributed by atoms with Crippen molar-refractivity contribution in [3.8, 4) is 11.1 Å². The molecular weight excluding hydrogens is 436 g/mol. The fourth-order valence-corrected chi connectivity index (χ4v) is 6.64. The van der Waals surface area contributed by atoms with Gasteiger partial charge in [-0.15, -0.1) is 0 Å². The second kappa shape index (κ2) is 15.0. The van der Waals surface area contributed by atoms with E-state index in [1.165, 1.54) is 119 Å². The Balaban J connectivity index is 1.22. The Kier molecular flexibility index (Phi) is 11.4. The summed E-state index contributed by atoms with van der Waals surface area (Å²) in [5.74, 6) is 2.53. The van der Waals surface area contributed by atoms with Crippen LogP contribution in [0.4, 0.5) is 0 Å². The minimum atomic E-state index is 0.287. The first-order valence-electron chi connectivity index (χ1n) is 15.6. The molecule has 2 fully saturated rings. The van der Waals surface area contributed by atoms with E-state index in [2.05, 4.69) is 62.4 Å². The Hall–Kier alpha value is -1.60. The highest BCUT2D eigenvalue weighted by atomic mass is 16.5. The lowest BCUT2D eigenvalue weighted by atomic mass is 9.77. The van der Waals surface area contributed by atoms with E-state index in [0.717, 1.165) is 24.4 Å². The van der Waals surface area contributed by atoms with Crippen molar-refractivity contribution >= 4 is 0 Å². The maximum atomic E-state index is 6.30. The standard InChI is InChI=1S/C35H52O/c1-3-5-7-9-11-28-13-16-30(17-14-28)31-18-20-32(21-19-31)33-22-24-34(25-23-33)35-26-15-29(27-36-35)12-10-8-6-4-2/h18-25,28-30,35H,3-17,26-27H2,1-2H3/t28-,29?,30-,35?. The third-order valence-corrected chi connectivity index (χ3v) is 9.15. The van der Waals surface area contributed by atoms with Gasteiger partial charge in [-0.25, -0.2) is 0 Å². The predicted octanol–water partition coefficient (Wildman–Crippen LogP) is 11.0. The Morgan fingerprint density at radius 1 is 0.556 bits per heavy atom. The van der Waals surface area contributed by atoms with Crippen molar-refractivity contribution in [2.45, 2.75) is 129 Å². The molecule has 1 saturated heterocycles. The van der Waals surface area contributed by atoms with Crippen molar-refractivity contribution in [1.82, 2.24) is 0 Å². The van der Waals surface area contributed by atoms with Crippen molar-refractivity contribution in [1.29, 1.82) is 0 Å². The lowest BCUT2D eigenvalue weighted by molar-refractivity contribution is -0.0198. The van der Waals surface area contributed by atoms with Crippen LogP contribution in [0.3, 0.4) is 0 Å². The van der Waals surface area contributed by atoms with Gasteiger partial charge in [-0.1, -0.05) is 120 Å². The van der Waals surface area contributed by atoms with E-state index in [0.29, 0.717) is 0 Å². The van der Waals surface area contributed by atoms with Gasteiger partial charge in [0.25, 0.3) is 0 Å². The molecule has 0 aromatic heterocycles. The average molecular weight is 489 g/mol. The molecule has 1 aliphatic heterocycles. The highest BCUT2D eigenvalue weighted by Crippen LogP contribution is 2.39. The van der Waals surface area contributed by atoms with Gasteiger partial charge in [0.15, 0.2) is 0 Å². The first-order chi connectivity index (χ1) is 17.8. The van der Waals surface area contributed by atoms with Crippen molar-refractivity contribution in [2.75, 3.05) is 6.61 Å². The van der Waals surface area contributed by atoms with Crippen LogP contribution in [-0.2, 0) is 4.74 Å². The second-order valence-corrected chi connectivity index (χ2v) is 11.9. The molecule has 0 bridgehead atoms. The van der Waals surface area contributed by atoms with Crippen molar-refractivity contribution in [2.24, 2.45) is 11.8 Å². The van der Waals surface area contributed by atoms with Crippen LogP contribution in [0, 0.1) is 11.8 Å². The van der Waals surface area contributed by atoms with Gasteiger partial charge in [0.1, 0.15) is 0 Å². The third-order valence-electron chi connectivity index (χ3n) is 9.15. The molecule has 2 unspecified atom stereocenters. The molecule has 1 aliphatic carbocycles. The van der Waals surface area contributed by atoms with E-state index >= 15 is 0 Å². The first-order valence-corrected chi connectivity index (χ1v) is 15.6. The van der Waals surface area contributed by atoms with Crippen molar-refractivity contribution in [3.05, 3.63) is 59.7 Å². The molecule has 1 heteroatoms. The van der Waals surface area contributed by atoms with Crippen LogP contribution in [0.1, 0.15) is 140 Å². The molecule has 2 aromatic rings. The number of ether oxygens (including phenoxy) is 1. The van der Waals surface area contributed by atoms with Crippen LogP contribution < -0.4 is 0 Å². The molecule has 0 radical (unpaired) electrons. The van der Waals surface area contributed by atoms with Crippen molar-refractivity contribution in [3.63, 3.8) is 0 Å². The van der Waals surface area contributed by atoms with Crippen molar-refractivity contribution < 1.29 is 4.74 Å². The Bertz CT molecular complexity index is 762. The SMILES string of the molecule is CCCCCCC1CCC(c2ccc(-c3ccc([C@H]4CC[C@H](CCCCCC)CC4)cc3)cc2)OC1. The Morgan fingerprint density at radius 2 is 1.08 bits per heavy atom. The summed E-state index contributed by atoms with van der Waals surface area (Å²) in [6, 6.07) is 18.7. The topological polar surface area (TPSA) is 9.23 Å². The molecule has 0 N–H and O–H groups in total. The van der Waals surface area contributed by atoms with Gasteiger partial charge in [0.2, 0.25) is 0 Å². The molecular formula is C35H52O. The molecule has 198 valence electrons. The molecule has 2 aliphatic rings. The largest absolute Gasteiger partial charge is 0.373 e. The summed E-state index contributed by atoms with van der Waals surface area (Å²) in [6.07, 6.45) is 22.3. The molecule has 1 saturated carbocycles. The number of hydrogen-bond acceptors (Lipinski definition) is 1. The Morgan fingerprint density at radius 3 is 1.61 bits per heavy atom. The Labute approximate surface area is 222 Å².